The Morgan fingerprint density at radius 3 is 2.33 bits per heavy atom. The molecule has 1 aliphatic heterocycles. The fraction of sp³-hybridized carbons (Fsp3) is 0.659. The summed E-state index contributed by atoms with van der Waals surface area (Å²) in [5, 5.41) is 12.5. The second-order valence-electron chi connectivity index (χ2n) is 14.4. The van der Waals surface area contributed by atoms with Crippen molar-refractivity contribution in [2.24, 2.45) is 17.8 Å². The fourth-order valence-corrected chi connectivity index (χ4v) is 8.26. The van der Waals surface area contributed by atoms with Crippen LogP contribution in [0.1, 0.15) is 119 Å². The molecule has 1 aliphatic carbocycles. The van der Waals surface area contributed by atoms with E-state index in [1.54, 1.807) is 18.9 Å². The van der Waals surface area contributed by atoms with Crippen LogP contribution in [0.3, 0.4) is 0 Å². The molecule has 3 atom stereocenters. The van der Waals surface area contributed by atoms with Crippen molar-refractivity contribution in [2.75, 3.05) is 32.3 Å². The molecule has 2 N–H and O–H groups in total. The number of carbonyl (C=O) groups excluding carboxylic acids is 1. The van der Waals surface area contributed by atoms with Crippen molar-refractivity contribution in [1.82, 2.24) is 10.2 Å². The van der Waals surface area contributed by atoms with E-state index in [-0.39, 0.29) is 5.91 Å². The first-order chi connectivity index (χ1) is 23.2. The van der Waals surface area contributed by atoms with E-state index in [2.05, 4.69) is 37.1 Å². The third-order valence-corrected chi connectivity index (χ3v) is 10.9. The standard InChI is InChI=1S/C33H46N2O4S.C8H18/c1-23-9-7-8-12-28(23)30-19-25(13-14-29(30)32(36)34-31(33(37)38)15-16-40-3)20-35-21-26(18-27(35)22-39-2)17-24-10-5-4-6-11-24;1-4-6-8(3)7-5-2/h7-9,12-14,19,24,26-27,31H,4-6,10-11,15-18,20-22H2,1-3H3,(H,34,36)(H,37,38);8H,4-7H2,1-3H3/t26?,27-,31?;/m0./s1. The Labute approximate surface area is 296 Å². The number of carboxylic acid groups (broad SMARTS) is 1. The van der Waals surface area contributed by atoms with Crippen LogP contribution < -0.4 is 5.32 Å². The first-order valence-electron chi connectivity index (χ1n) is 18.6. The molecule has 4 rings (SSSR count). The third-order valence-electron chi connectivity index (χ3n) is 10.3. The van der Waals surface area contributed by atoms with Crippen LogP contribution in [0.15, 0.2) is 42.5 Å². The molecule has 1 heterocycles. The van der Waals surface area contributed by atoms with Gasteiger partial charge in [0, 0.05) is 31.8 Å². The predicted molar refractivity (Wildman–Crippen MR) is 203 cm³/mol. The minimum absolute atomic E-state index is 0.343. The lowest BCUT2D eigenvalue weighted by atomic mass is 9.82. The predicted octanol–water partition coefficient (Wildman–Crippen LogP) is 9.63. The van der Waals surface area contributed by atoms with Crippen molar-refractivity contribution in [1.29, 1.82) is 0 Å². The Morgan fingerprint density at radius 1 is 1.00 bits per heavy atom. The molecular formula is C41H64N2O4S. The van der Waals surface area contributed by atoms with E-state index in [0.29, 0.717) is 29.7 Å². The highest BCUT2D eigenvalue weighted by Gasteiger charge is 2.34. The number of nitrogens with one attached hydrogen (secondary N) is 1. The van der Waals surface area contributed by atoms with Crippen LogP contribution in [0.25, 0.3) is 11.1 Å². The average Bonchev–Trinajstić information content (AvgIpc) is 3.44. The molecule has 2 aliphatic rings. The summed E-state index contributed by atoms with van der Waals surface area (Å²) in [5.41, 5.74) is 4.60. The smallest absolute Gasteiger partial charge is 0.326 e. The molecule has 6 nitrogen and oxygen atoms in total. The van der Waals surface area contributed by atoms with Gasteiger partial charge in [0.05, 0.1) is 6.61 Å². The van der Waals surface area contributed by atoms with E-state index in [4.69, 9.17) is 4.74 Å². The number of methoxy groups -OCH3 is 1. The average molecular weight is 681 g/mol. The maximum Gasteiger partial charge on any atom is 0.326 e. The maximum absolute atomic E-state index is 13.4. The number of aliphatic carboxylic acids is 1. The molecule has 1 saturated heterocycles. The Morgan fingerprint density at radius 2 is 1.71 bits per heavy atom. The van der Waals surface area contributed by atoms with Crippen molar-refractivity contribution in [3.8, 4) is 11.1 Å². The zero-order chi connectivity index (χ0) is 34.9. The third kappa shape index (κ3) is 12.8. The van der Waals surface area contributed by atoms with Crippen LogP contribution in [-0.2, 0) is 16.1 Å². The molecule has 2 aromatic rings. The number of likely N-dealkylation sites (tertiary alicyclic amines) is 1. The second kappa shape index (κ2) is 21.7. The van der Waals surface area contributed by atoms with Crippen LogP contribution in [0.4, 0.5) is 0 Å². The Balaban J connectivity index is 0.000000694. The molecule has 268 valence electrons. The SMILES string of the molecule is CCCC(C)CCC.COC[C@@H]1CC(CC2CCCCC2)CN1Cc1ccc(C(=O)NC(CCSC)C(=O)O)c(-c2ccccc2C)c1. The molecule has 1 saturated carbocycles. The number of ether oxygens (including phenoxy) is 1. The molecule has 0 aromatic heterocycles. The number of hydrogen-bond donors (Lipinski definition) is 2. The minimum Gasteiger partial charge on any atom is -0.480 e. The number of carbonyl (C=O) groups is 2. The molecule has 7 heteroatoms. The summed E-state index contributed by atoms with van der Waals surface area (Å²) in [7, 11) is 1.79. The number of amides is 1. The van der Waals surface area contributed by atoms with Gasteiger partial charge in [-0.25, -0.2) is 4.79 Å². The van der Waals surface area contributed by atoms with E-state index < -0.39 is 12.0 Å². The number of rotatable bonds is 17. The monoisotopic (exact) mass is 680 g/mol. The number of nitrogens with zero attached hydrogens (tertiary/aromatic N) is 1. The molecule has 2 aromatic carbocycles. The van der Waals surface area contributed by atoms with E-state index in [0.717, 1.165) is 53.8 Å². The van der Waals surface area contributed by atoms with Gasteiger partial charge >= 0.3 is 5.97 Å². The quantitative estimate of drug-likeness (QED) is 0.173. The first kappa shape index (κ1) is 40.1. The first-order valence-corrected chi connectivity index (χ1v) is 20.0. The van der Waals surface area contributed by atoms with Gasteiger partial charge in [-0.2, -0.15) is 11.8 Å². The molecular weight excluding hydrogens is 617 g/mol. The minimum atomic E-state index is -1.00. The topological polar surface area (TPSA) is 78.9 Å². The van der Waals surface area contributed by atoms with Gasteiger partial charge in [-0.15, -0.1) is 0 Å². The van der Waals surface area contributed by atoms with Gasteiger partial charge in [0.2, 0.25) is 0 Å². The van der Waals surface area contributed by atoms with Gasteiger partial charge in [0.25, 0.3) is 5.91 Å². The Bertz CT molecular complexity index is 1240. The Hall–Kier alpha value is -2.35. The number of carboxylic acids is 1. The van der Waals surface area contributed by atoms with Crippen LogP contribution in [0.2, 0.25) is 0 Å². The van der Waals surface area contributed by atoms with Crippen molar-refractivity contribution >= 4 is 23.6 Å². The van der Waals surface area contributed by atoms with Gasteiger partial charge in [-0.05, 0) is 90.3 Å². The lowest BCUT2D eigenvalue weighted by molar-refractivity contribution is -0.139. The zero-order valence-electron chi connectivity index (χ0n) is 30.8. The molecule has 48 heavy (non-hydrogen) atoms. The van der Waals surface area contributed by atoms with Crippen LogP contribution in [-0.4, -0.2) is 66.2 Å². The fourth-order valence-electron chi connectivity index (χ4n) is 7.79. The summed E-state index contributed by atoms with van der Waals surface area (Å²) >= 11 is 1.57. The van der Waals surface area contributed by atoms with Crippen LogP contribution in [0, 0.1) is 24.7 Å². The Kier molecular flexibility index (Phi) is 18.1. The number of thioether (sulfide) groups is 1. The molecule has 0 radical (unpaired) electrons. The number of hydrogen-bond acceptors (Lipinski definition) is 5. The second-order valence-corrected chi connectivity index (χ2v) is 15.4. The van der Waals surface area contributed by atoms with Gasteiger partial charge in [-0.1, -0.05) is 109 Å². The maximum atomic E-state index is 13.4. The van der Waals surface area contributed by atoms with Crippen LogP contribution >= 0.6 is 11.8 Å². The molecule has 1 amide bonds. The summed E-state index contributed by atoms with van der Waals surface area (Å²) in [6.45, 7) is 11.5. The van der Waals surface area contributed by atoms with Gasteiger partial charge in [0.15, 0.2) is 0 Å². The van der Waals surface area contributed by atoms with Crippen molar-refractivity contribution in [2.45, 2.75) is 123 Å². The van der Waals surface area contributed by atoms with Gasteiger partial charge < -0.3 is 15.2 Å². The normalized spacial score (nSPS) is 19.1. The lowest BCUT2D eigenvalue weighted by Crippen LogP contribution is -2.41. The summed E-state index contributed by atoms with van der Waals surface area (Å²) in [4.78, 5) is 27.8. The number of aryl methyl sites for hydroxylation is 1. The van der Waals surface area contributed by atoms with E-state index >= 15 is 0 Å². The lowest BCUT2D eigenvalue weighted by Gasteiger charge is -2.25. The van der Waals surface area contributed by atoms with Crippen LogP contribution in [0.5, 0.6) is 0 Å². The molecule has 0 bridgehead atoms. The van der Waals surface area contributed by atoms with E-state index in [1.807, 2.05) is 49.6 Å². The summed E-state index contributed by atoms with van der Waals surface area (Å²) in [6.07, 6.45) is 17.3. The highest BCUT2D eigenvalue weighted by atomic mass is 32.2. The van der Waals surface area contributed by atoms with Crippen molar-refractivity contribution in [3.05, 3.63) is 59.2 Å². The largest absolute Gasteiger partial charge is 0.480 e. The zero-order valence-corrected chi connectivity index (χ0v) is 31.6. The van der Waals surface area contributed by atoms with E-state index in [9.17, 15) is 14.7 Å². The summed E-state index contributed by atoms with van der Waals surface area (Å²) < 4.78 is 5.63. The highest BCUT2D eigenvalue weighted by Crippen LogP contribution is 2.36. The van der Waals surface area contributed by atoms with Crippen molar-refractivity contribution in [3.63, 3.8) is 0 Å². The van der Waals surface area contributed by atoms with E-state index in [1.165, 1.54) is 70.6 Å². The highest BCUT2D eigenvalue weighted by molar-refractivity contribution is 7.98. The van der Waals surface area contributed by atoms with Crippen molar-refractivity contribution < 1.29 is 19.4 Å². The van der Waals surface area contributed by atoms with Gasteiger partial charge in [0.1, 0.15) is 6.04 Å². The number of benzene rings is 2. The molecule has 2 fully saturated rings. The molecule has 2 unspecified atom stereocenters. The summed E-state index contributed by atoms with van der Waals surface area (Å²) in [5.74, 6) is 1.86. The summed E-state index contributed by atoms with van der Waals surface area (Å²) in [6, 6.07) is 13.6. The van der Waals surface area contributed by atoms with Gasteiger partial charge in [-0.3, -0.25) is 9.69 Å². The molecule has 0 spiro atoms.